The number of aryl methyl sites for hydroxylation is 1. The lowest BCUT2D eigenvalue weighted by molar-refractivity contribution is 0.292. The molecule has 0 heterocycles. The van der Waals surface area contributed by atoms with Gasteiger partial charge in [0.15, 0.2) is 11.5 Å². The minimum Gasteiger partial charge on any atom is -0.504 e. The van der Waals surface area contributed by atoms with E-state index >= 15 is 0 Å². The fourth-order valence-corrected chi connectivity index (χ4v) is 1.92. The quantitative estimate of drug-likeness (QED) is 0.644. The maximum Gasteiger partial charge on any atom is 0.160 e. The van der Waals surface area contributed by atoms with Gasteiger partial charge in [-0.2, -0.15) is 0 Å². The summed E-state index contributed by atoms with van der Waals surface area (Å²) in [6, 6.07) is 5.79. The Balaban J connectivity index is 2.41. The minimum atomic E-state index is 0.277. The van der Waals surface area contributed by atoms with Crippen molar-refractivity contribution in [3.05, 3.63) is 23.8 Å². The van der Waals surface area contributed by atoms with Gasteiger partial charge < -0.3 is 9.84 Å². The van der Waals surface area contributed by atoms with Crippen molar-refractivity contribution < 1.29 is 9.84 Å². The predicted octanol–water partition coefficient (Wildman–Crippen LogP) is 4.69. The maximum absolute atomic E-state index is 9.87. The van der Waals surface area contributed by atoms with Gasteiger partial charge in [0.1, 0.15) is 0 Å². The molecule has 0 spiro atoms. The molecule has 0 fully saturated rings. The second-order valence-electron chi connectivity index (χ2n) is 4.81. The van der Waals surface area contributed by atoms with Crippen LogP contribution in [0, 0.1) is 0 Å². The van der Waals surface area contributed by atoms with Crippen molar-refractivity contribution in [2.45, 2.75) is 58.8 Å². The summed E-state index contributed by atoms with van der Waals surface area (Å²) in [6.07, 6.45) is 8.20. The number of rotatable bonds is 9. The van der Waals surface area contributed by atoms with E-state index in [1.54, 1.807) is 0 Å². The number of hydrogen-bond donors (Lipinski definition) is 1. The van der Waals surface area contributed by atoms with Gasteiger partial charge in [-0.1, -0.05) is 45.6 Å². The number of ether oxygens (including phenoxy) is 1. The van der Waals surface area contributed by atoms with Gasteiger partial charge in [-0.05, 0) is 37.0 Å². The highest BCUT2D eigenvalue weighted by atomic mass is 16.5. The van der Waals surface area contributed by atoms with Crippen molar-refractivity contribution in [3.63, 3.8) is 0 Å². The number of benzene rings is 1. The number of phenolic OH excluding ortho intramolecular Hbond substituents is 1. The third-order valence-electron chi connectivity index (χ3n) is 3.10. The van der Waals surface area contributed by atoms with Crippen LogP contribution in [0.5, 0.6) is 11.5 Å². The Bertz CT molecular complexity index is 334. The zero-order valence-electron chi connectivity index (χ0n) is 11.7. The van der Waals surface area contributed by atoms with Gasteiger partial charge in [0, 0.05) is 0 Å². The molecule has 102 valence electrons. The first-order valence-corrected chi connectivity index (χ1v) is 7.22. The smallest absolute Gasteiger partial charge is 0.160 e. The average molecular weight is 250 g/mol. The molecule has 0 aliphatic carbocycles. The maximum atomic E-state index is 9.87. The van der Waals surface area contributed by atoms with E-state index in [1.807, 2.05) is 12.1 Å². The molecule has 2 heteroatoms. The van der Waals surface area contributed by atoms with E-state index in [1.165, 1.54) is 31.2 Å². The number of phenols is 1. The normalized spacial score (nSPS) is 10.6. The van der Waals surface area contributed by atoms with E-state index in [9.17, 15) is 5.11 Å². The SMILES string of the molecule is CCCCCCc1ccc(OCCCC)c(O)c1. The summed E-state index contributed by atoms with van der Waals surface area (Å²) in [5, 5.41) is 9.87. The lowest BCUT2D eigenvalue weighted by Crippen LogP contribution is -1.97. The van der Waals surface area contributed by atoms with Crippen LogP contribution in [0.4, 0.5) is 0 Å². The van der Waals surface area contributed by atoms with Gasteiger partial charge >= 0.3 is 0 Å². The number of unbranched alkanes of at least 4 members (excludes halogenated alkanes) is 4. The van der Waals surface area contributed by atoms with Gasteiger partial charge in [0.05, 0.1) is 6.61 Å². The van der Waals surface area contributed by atoms with E-state index in [2.05, 4.69) is 19.9 Å². The van der Waals surface area contributed by atoms with E-state index in [4.69, 9.17) is 4.74 Å². The Labute approximate surface area is 111 Å². The Kier molecular flexibility index (Phi) is 7.31. The van der Waals surface area contributed by atoms with Crippen LogP contribution in [0.3, 0.4) is 0 Å². The van der Waals surface area contributed by atoms with E-state index in [0.717, 1.165) is 19.3 Å². The van der Waals surface area contributed by atoms with Crippen molar-refractivity contribution in [1.29, 1.82) is 0 Å². The molecule has 0 amide bonds. The molecule has 0 saturated carbocycles. The summed E-state index contributed by atoms with van der Waals surface area (Å²) >= 11 is 0. The molecule has 1 rings (SSSR count). The Morgan fingerprint density at radius 3 is 2.44 bits per heavy atom. The van der Waals surface area contributed by atoms with Gasteiger partial charge in [-0.3, -0.25) is 0 Å². The first kappa shape index (κ1) is 14.9. The van der Waals surface area contributed by atoms with Crippen molar-refractivity contribution in [2.24, 2.45) is 0 Å². The van der Waals surface area contributed by atoms with Crippen molar-refractivity contribution in [3.8, 4) is 11.5 Å². The van der Waals surface area contributed by atoms with Crippen molar-refractivity contribution in [2.75, 3.05) is 6.61 Å². The van der Waals surface area contributed by atoms with Crippen molar-refractivity contribution >= 4 is 0 Å². The molecule has 18 heavy (non-hydrogen) atoms. The molecule has 0 unspecified atom stereocenters. The molecule has 0 radical (unpaired) electrons. The van der Waals surface area contributed by atoms with Gasteiger partial charge in [0.2, 0.25) is 0 Å². The third-order valence-corrected chi connectivity index (χ3v) is 3.10. The van der Waals surface area contributed by atoms with Crippen LogP contribution in [0.15, 0.2) is 18.2 Å². The molecular formula is C16H26O2. The molecule has 1 aromatic carbocycles. The van der Waals surface area contributed by atoms with Gasteiger partial charge in [0.25, 0.3) is 0 Å². The zero-order chi connectivity index (χ0) is 13.2. The zero-order valence-corrected chi connectivity index (χ0v) is 11.7. The van der Waals surface area contributed by atoms with Crippen LogP contribution in [0.2, 0.25) is 0 Å². The van der Waals surface area contributed by atoms with Crippen LogP contribution in [-0.2, 0) is 6.42 Å². The largest absolute Gasteiger partial charge is 0.504 e. The standard InChI is InChI=1S/C16H26O2/c1-3-5-7-8-9-14-10-11-16(15(17)13-14)18-12-6-4-2/h10-11,13,17H,3-9,12H2,1-2H3. The van der Waals surface area contributed by atoms with Crippen LogP contribution in [-0.4, -0.2) is 11.7 Å². The van der Waals surface area contributed by atoms with Crippen molar-refractivity contribution in [1.82, 2.24) is 0 Å². The van der Waals surface area contributed by atoms with Crippen LogP contribution >= 0.6 is 0 Å². The molecule has 0 atom stereocenters. The van der Waals surface area contributed by atoms with Gasteiger partial charge in [-0.15, -0.1) is 0 Å². The monoisotopic (exact) mass is 250 g/mol. The van der Waals surface area contributed by atoms with E-state index < -0.39 is 0 Å². The van der Waals surface area contributed by atoms with Crippen LogP contribution in [0.25, 0.3) is 0 Å². The van der Waals surface area contributed by atoms with Gasteiger partial charge in [-0.25, -0.2) is 0 Å². The second kappa shape index (κ2) is 8.84. The predicted molar refractivity (Wildman–Crippen MR) is 76.4 cm³/mol. The highest BCUT2D eigenvalue weighted by molar-refractivity contribution is 5.41. The summed E-state index contributed by atoms with van der Waals surface area (Å²) in [5.41, 5.74) is 1.20. The summed E-state index contributed by atoms with van der Waals surface area (Å²) in [4.78, 5) is 0. The minimum absolute atomic E-state index is 0.277. The summed E-state index contributed by atoms with van der Waals surface area (Å²) in [5.74, 6) is 0.889. The van der Waals surface area contributed by atoms with E-state index in [-0.39, 0.29) is 5.75 Å². The second-order valence-corrected chi connectivity index (χ2v) is 4.81. The lowest BCUT2D eigenvalue weighted by Gasteiger charge is -2.09. The molecule has 1 N–H and O–H groups in total. The lowest BCUT2D eigenvalue weighted by atomic mass is 10.1. The number of aromatic hydroxyl groups is 1. The summed E-state index contributed by atoms with van der Waals surface area (Å²) < 4.78 is 5.53. The Hall–Kier alpha value is -1.18. The fraction of sp³-hybridized carbons (Fsp3) is 0.625. The molecule has 0 saturated heterocycles. The van der Waals surface area contributed by atoms with Crippen LogP contribution in [0.1, 0.15) is 57.9 Å². The molecule has 0 aliphatic heterocycles. The molecular weight excluding hydrogens is 224 g/mol. The molecule has 1 aromatic rings. The average Bonchev–Trinajstić information content (AvgIpc) is 2.37. The van der Waals surface area contributed by atoms with Crippen LogP contribution < -0.4 is 4.74 Å². The highest BCUT2D eigenvalue weighted by Gasteiger charge is 2.03. The fourth-order valence-electron chi connectivity index (χ4n) is 1.92. The molecule has 2 nitrogen and oxygen atoms in total. The topological polar surface area (TPSA) is 29.5 Å². The van der Waals surface area contributed by atoms with E-state index in [0.29, 0.717) is 12.4 Å². The molecule has 0 aliphatic rings. The molecule has 0 aromatic heterocycles. The summed E-state index contributed by atoms with van der Waals surface area (Å²) in [6.45, 7) is 5.02. The summed E-state index contributed by atoms with van der Waals surface area (Å²) in [7, 11) is 0. The Morgan fingerprint density at radius 2 is 1.78 bits per heavy atom. The first-order chi connectivity index (χ1) is 8.77. The third kappa shape index (κ3) is 5.44. The molecule has 0 bridgehead atoms. The Morgan fingerprint density at radius 1 is 1.00 bits per heavy atom. The number of hydrogen-bond acceptors (Lipinski definition) is 2. The highest BCUT2D eigenvalue weighted by Crippen LogP contribution is 2.27. The first-order valence-electron chi connectivity index (χ1n) is 7.22.